The fourth-order valence-electron chi connectivity index (χ4n) is 1.69. The van der Waals surface area contributed by atoms with Crippen LogP contribution in [0.1, 0.15) is 25.3 Å². The fourth-order valence-corrected chi connectivity index (χ4v) is 2.00. The number of alkyl halides is 1. The summed E-state index contributed by atoms with van der Waals surface area (Å²) in [7, 11) is 0. The Labute approximate surface area is 106 Å². The van der Waals surface area contributed by atoms with Crippen molar-refractivity contribution in [3.05, 3.63) is 35.4 Å². The first-order valence-corrected chi connectivity index (χ1v) is 6.41. The van der Waals surface area contributed by atoms with Crippen molar-refractivity contribution >= 4 is 11.6 Å². The molecule has 0 amide bonds. The molecule has 0 saturated carbocycles. The Balaban J connectivity index is 2.42. The molecule has 0 radical (unpaired) electrons. The molecular weight excluding hydrogens is 244 g/mol. The Morgan fingerprint density at radius 2 is 2.12 bits per heavy atom. The van der Waals surface area contributed by atoms with E-state index >= 15 is 0 Å². The van der Waals surface area contributed by atoms with Gasteiger partial charge in [-0.2, -0.15) is 0 Å². The maximum Gasteiger partial charge on any atom is 0.127 e. The van der Waals surface area contributed by atoms with E-state index in [0.29, 0.717) is 23.9 Å². The molecule has 1 aromatic rings. The molecule has 0 bridgehead atoms. The van der Waals surface area contributed by atoms with Gasteiger partial charge >= 0.3 is 0 Å². The first kappa shape index (κ1) is 14.4. The van der Waals surface area contributed by atoms with Gasteiger partial charge in [-0.3, -0.25) is 0 Å². The van der Waals surface area contributed by atoms with Crippen LogP contribution in [0.4, 0.5) is 8.78 Å². The van der Waals surface area contributed by atoms with E-state index in [2.05, 4.69) is 12.2 Å². The molecule has 1 atom stereocenters. The standard InChI is InChI=1S/C13H18ClF2N/c1-2-10(5-6-14)8-17-9-11-7-12(15)3-4-13(11)16/h3-4,7,10,17H,2,5-6,8-9H2,1H3. The van der Waals surface area contributed by atoms with Gasteiger partial charge in [0.1, 0.15) is 11.6 Å². The van der Waals surface area contributed by atoms with Crippen LogP contribution in [0.25, 0.3) is 0 Å². The summed E-state index contributed by atoms with van der Waals surface area (Å²) >= 11 is 5.68. The van der Waals surface area contributed by atoms with Crippen molar-refractivity contribution in [3.63, 3.8) is 0 Å². The molecule has 96 valence electrons. The van der Waals surface area contributed by atoms with Gasteiger partial charge in [-0.25, -0.2) is 8.78 Å². The normalized spacial score (nSPS) is 12.7. The van der Waals surface area contributed by atoms with Crippen LogP contribution >= 0.6 is 11.6 Å². The third-order valence-corrected chi connectivity index (χ3v) is 3.07. The molecule has 1 rings (SSSR count). The lowest BCUT2D eigenvalue weighted by Gasteiger charge is -2.14. The molecule has 1 aromatic carbocycles. The Bertz CT molecular complexity index is 344. The minimum absolute atomic E-state index is 0.350. The van der Waals surface area contributed by atoms with Crippen molar-refractivity contribution in [1.82, 2.24) is 5.32 Å². The fraction of sp³-hybridized carbons (Fsp3) is 0.538. The monoisotopic (exact) mass is 261 g/mol. The third kappa shape index (κ3) is 5.00. The summed E-state index contributed by atoms with van der Waals surface area (Å²) in [6.45, 7) is 3.23. The molecule has 1 N–H and O–H groups in total. The predicted octanol–water partition coefficient (Wildman–Crippen LogP) is 3.71. The Morgan fingerprint density at radius 3 is 2.76 bits per heavy atom. The van der Waals surface area contributed by atoms with E-state index in [1.54, 1.807) is 0 Å². The van der Waals surface area contributed by atoms with Gasteiger partial charge in [-0.05, 0) is 37.1 Å². The Morgan fingerprint density at radius 1 is 1.35 bits per heavy atom. The summed E-state index contributed by atoms with van der Waals surface area (Å²) in [4.78, 5) is 0. The van der Waals surface area contributed by atoms with E-state index in [1.807, 2.05) is 0 Å². The van der Waals surface area contributed by atoms with Gasteiger partial charge in [-0.15, -0.1) is 11.6 Å². The van der Waals surface area contributed by atoms with Crippen LogP contribution in [0.3, 0.4) is 0 Å². The topological polar surface area (TPSA) is 12.0 Å². The molecule has 1 unspecified atom stereocenters. The lowest BCUT2D eigenvalue weighted by atomic mass is 10.0. The van der Waals surface area contributed by atoms with Crippen LogP contribution in [0.2, 0.25) is 0 Å². The zero-order valence-electron chi connectivity index (χ0n) is 9.98. The molecule has 0 aliphatic rings. The summed E-state index contributed by atoms with van der Waals surface area (Å²) < 4.78 is 26.2. The van der Waals surface area contributed by atoms with Crippen LogP contribution in [0.15, 0.2) is 18.2 Å². The maximum atomic E-state index is 13.3. The van der Waals surface area contributed by atoms with Gasteiger partial charge in [0.25, 0.3) is 0 Å². The van der Waals surface area contributed by atoms with Crippen molar-refractivity contribution in [3.8, 4) is 0 Å². The molecule has 1 nitrogen and oxygen atoms in total. The number of rotatable bonds is 7. The Hall–Kier alpha value is -0.670. The van der Waals surface area contributed by atoms with Crippen LogP contribution in [0, 0.1) is 17.6 Å². The molecule has 0 saturated heterocycles. The van der Waals surface area contributed by atoms with E-state index in [-0.39, 0.29) is 5.82 Å². The average molecular weight is 262 g/mol. The van der Waals surface area contributed by atoms with Crippen LogP contribution in [0.5, 0.6) is 0 Å². The molecule has 0 heterocycles. The number of hydrogen-bond acceptors (Lipinski definition) is 1. The van der Waals surface area contributed by atoms with E-state index in [4.69, 9.17) is 11.6 Å². The van der Waals surface area contributed by atoms with E-state index in [0.717, 1.165) is 31.5 Å². The molecule has 0 spiro atoms. The molecule has 0 aliphatic heterocycles. The molecule has 0 aromatic heterocycles. The van der Waals surface area contributed by atoms with Gasteiger partial charge in [0.15, 0.2) is 0 Å². The van der Waals surface area contributed by atoms with Gasteiger partial charge in [0, 0.05) is 18.0 Å². The molecular formula is C13H18ClF2N. The van der Waals surface area contributed by atoms with Crippen molar-refractivity contribution in [2.24, 2.45) is 5.92 Å². The second kappa shape index (κ2) is 7.62. The van der Waals surface area contributed by atoms with Gasteiger partial charge in [-0.1, -0.05) is 13.3 Å². The highest BCUT2D eigenvalue weighted by Crippen LogP contribution is 2.11. The largest absolute Gasteiger partial charge is 0.312 e. The van der Waals surface area contributed by atoms with Crippen molar-refractivity contribution in [2.45, 2.75) is 26.3 Å². The second-order valence-corrected chi connectivity index (χ2v) is 4.50. The SMILES string of the molecule is CCC(CCCl)CNCc1cc(F)ccc1F. The van der Waals surface area contributed by atoms with Crippen LogP contribution in [-0.4, -0.2) is 12.4 Å². The minimum Gasteiger partial charge on any atom is -0.312 e. The minimum atomic E-state index is -0.406. The number of benzene rings is 1. The molecule has 0 fully saturated rings. The Kier molecular flexibility index (Phi) is 6.45. The molecule has 17 heavy (non-hydrogen) atoms. The van der Waals surface area contributed by atoms with Crippen molar-refractivity contribution in [1.29, 1.82) is 0 Å². The van der Waals surface area contributed by atoms with Crippen molar-refractivity contribution < 1.29 is 8.78 Å². The van der Waals surface area contributed by atoms with E-state index in [9.17, 15) is 8.78 Å². The lowest BCUT2D eigenvalue weighted by Crippen LogP contribution is -2.23. The first-order chi connectivity index (χ1) is 8.17. The van der Waals surface area contributed by atoms with Crippen LogP contribution in [-0.2, 0) is 6.54 Å². The summed E-state index contributed by atoms with van der Waals surface area (Å²) in [6.07, 6.45) is 1.97. The maximum absolute atomic E-state index is 13.3. The quantitative estimate of drug-likeness (QED) is 0.738. The average Bonchev–Trinajstić information content (AvgIpc) is 2.32. The number of nitrogens with one attached hydrogen (secondary N) is 1. The van der Waals surface area contributed by atoms with Crippen molar-refractivity contribution in [2.75, 3.05) is 12.4 Å². The highest BCUT2D eigenvalue weighted by atomic mass is 35.5. The highest BCUT2D eigenvalue weighted by Gasteiger charge is 2.07. The summed E-state index contributed by atoms with van der Waals surface area (Å²) in [6, 6.07) is 3.51. The van der Waals surface area contributed by atoms with Gasteiger partial charge < -0.3 is 5.32 Å². The zero-order chi connectivity index (χ0) is 12.7. The summed E-state index contributed by atoms with van der Waals surface area (Å²) in [5, 5.41) is 3.14. The molecule has 0 aliphatic carbocycles. The summed E-state index contributed by atoms with van der Waals surface area (Å²) in [5.41, 5.74) is 0.366. The number of hydrogen-bond donors (Lipinski definition) is 1. The number of halogens is 3. The van der Waals surface area contributed by atoms with Crippen LogP contribution < -0.4 is 5.32 Å². The van der Waals surface area contributed by atoms with Gasteiger partial charge in [0.2, 0.25) is 0 Å². The van der Waals surface area contributed by atoms with Gasteiger partial charge in [0.05, 0.1) is 0 Å². The first-order valence-electron chi connectivity index (χ1n) is 5.88. The van der Waals surface area contributed by atoms with E-state index in [1.165, 1.54) is 6.07 Å². The third-order valence-electron chi connectivity index (χ3n) is 2.85. The smallest absolute Gasteiger partial charge is 0.127 e. The second-order valence-electron chi connectivity index (χ2n) is 4.12. The lowest BCUT2D eigenvalue weighted by molar-refractivity contribution is 0.447. The molecule has 4 heteroatoms. The summed E-state index contributed by atoms with van der Waals surface area (Å²) in [5.74, 6) is 0.346. The predicted molar refractivity (Wildman–Crippen MR) is 67.2 cm³/mol. The zero-order valence-corrected chi connectivity index (χ0v) is 10.7. The van der Waals surface area contributed by atoms with E-state index < -0.39 is 5.82 Å². The highest BCUT2D eigenvalue weighted by molar-refractivity contribution is 6.17.